The van der Waals surface area contributed by atoms with Crippen molar-refractivity contribution >= 4 is 0 Å². The van der Waals surface area contributed by atoms with Gasteiger partial charge in [-0.3, -0.25) is 4.90 Å². The highest BCUT2D eigenvalue weighted by Crippen LogP contribution is 2.28. The predicted molar refractivity (Wildman–Crippen MR) is 64.3 cm³/mol. The Bertz CT molecular complexity index is 288. The molecule has 2 rings (SSSR count). The van der Waals surface area contributed by atoms with Crippen molar-refractivity contribution in [2.45, 2.75) is 64.0 Å². The van der Waals surface area contributed by atoms with E-state index in [2.05, 4.69) is 24.8 Å². The zero-order chi connectivity index (χ0) is 12.3. The van der Waals surface area contributed by atoms with Crippen LogP contribution in [0.4, 0.5) is 0 Å². The minimum absolute atomic E-state index is 0.0269. The molecule has 3 unspecified atom stereocenters. The monoisotopic (exact) mass is 238 g/mol. The third-order valence-corrected chi connectivity index (χ3v) is 3.66. The molecule has 2 saturated heterocycles. The molecule has 2 heterocycles. The van der Waals surface area contributed by atoms with Gasteiger partial charge in [-0.15, -0.1) is 0 Å². The fraction of sp³-hybridized carbons (Fsp3) is 0.923. The Labute approximate surface area is 103 Å². The van der Waals surface area contributed by atoms with Gasteiger partial charge in [-0.25, -0.2) is 0 Å². The molecule has 0 aromatic rings. The zero-order valence-electron chi connectivity index (χ0n) is 10.8. The average molecular weight is 238 g/mol. The molecule has 96 valence electrons. The number of nitriles is 1. The van der Waals surface area contributed by atoms with Gasteiger partial charge in [-0.05, 0) is 33.2 Å². The molecule has 0 bridgehead atoms. The molecule has 0 aliphatic carbocycles. The van der Waals surface area contributed by atoms with Gasteiger partial charge in [-0.1, -0.05) is 6.42 Å². The summed E-state index contributed by atoms with van der Waals surface area (Å²) in [6.45, 7) is 6.15. The quantitative estimate of drug-likeness (QED) is 0.753. The van der Waals surface area contributed by atoms with E-state index in [9.17, 15) is 0 Å². The van der Waals surface area contributed by atoms with Crippen LogP contribution in [0.3, 0.4) is 0 Å². The summed E-state index contributed by atoms with van der Waals surface area (Å²) in [7, 11) is 0. The van der Waals surface area contributed by atoms with Gasteiger partial charge >= 0.3 is 0 Å². The van der Waals surface area contributed by atoms with Crippen LogP contribution in [0.15, 0.2) is 0 Å². The van der Waals surface area contributed by atoms with E-state index in [0.29, 0.717) is 25.1 Å². The molecular formula is C13H22N2O2. The smallest absolute Gasteiger partial charge is 0.173 e. The molecule has 2 aliphatic rings. The van der Waals surface area contributed by atoms with Gasteiger partial charge in [0.1, 0.15) is 0 Å². The van der Waals surface area contributed by atoms with E-state index in [1.807, 2.05) is 0 Å². The van der Waals surface area contributed by atoms with Crippen LogP contribution in [-0.2, 0) is 9.47 Å². The molecule has 2 aliphatic heterocycles. The van der Waals surface area contributed by atoms with Crippen molar-refractivity contribution in [1.82, 2.24) is 4.90 Å². The van der Waals surface area contributed by atoms with Crippen LogP contribution in [0.25, 0.3) is 0 Å². The summed E-state index contributed by atoms with van der Waals surface area (Å²) in [5.74, 6) is 0. The minimum atomic E-state index is -0.129. The summed E-state index contributed by atoms with van der Waals surface area (Å²) in [5, 5.41) is 8.67. The lowest BCUT2D eigenvalue weighted by Crippen LogP contribution is -2.50. The maximum Gasteiger partial charge on any atom is 0.173 e. The van der Waals surface area contributed by atoms with E-state index >= 15 is 0 Å². The number of piperidine rings is 1. The molecule has 0 saturated carbocycles. The van der Waals surface area contributed by atoms with Crippen LogP contribution in [-0.4, -0.2) is 42.5 Å². The van der Waals surface area contributed by atoms with Crippen LogP contribution < -0.4 is 0 Å². The zero-order valence-corrected chi connectivity index (χ0v) is 10.8. The second-order valence-electron chi connectivity index (χ2n) is 5.22. The molecule has 2 fully saturated rings. The topological polar surface area (TPSA) is 45.5 Å². The normalized spacial score (nSPS) is 35.1. The van der Waals surface area contributed by atoms with Crippen LogP contribution >= 0.6 is 0 Å². The first-order chi connectivity index (χ1) is 8.22. The summed E-state index contributed by atoms with van der Waals surface area (Å²) in [5.41, 5.74) is 0. The van der Waals surface area contributed by atoms with Crippen molar-refractivity contribution in [2.24, 2.45) is 0 Å². The maximum absolute atomic E-state index is 8.67. The van der Waals surface area contributed by atoms with Gasteiger partial charge in [-0.2, -0.15) is 5.26 Å². The van der Waals surface area contributed by atoms with Gasteiger partial charge in [0.2, 0.25) is 0 Å². The summed E-state index contributed by atoms with van der Waals surface area (Å²) >= 11 is 0. The molecule has 4 nitrogen and oxygen atoms in total. The first kappa shape index (κ1) is 12.8. The fourth-order valence-electron chi connectivity index (χ4n) is 2.79. The van der Waals surface area contributed by atoms with Crippen molar-refractivity contribution in [3.05, 3.63) is 0 Å². The summed E-state index contributed by atoms with van der Waals surface area (Å²) in [6.07, 6.45) is 3.94. The third kappa shape index (κ3) is 2.98. The number of likely N-dealkylation sites (tertiary alicyclic amines) is 1. The van der Waals surface area contributed by atoms with Crippen LogP contribution in [0.5, 0.6) is 0 Å². The van der Waals surface area contributed by atoms with E-state index in [4.69, 9.17) is 14.7 Å². The summed E-state index contributed by atoms with van der Waals surface area (Å²) in [4.78, 5) is 2.48. The number of rotatable bonds is 3. The molecule has 0 N–H and O–H groups in total. The average Bonchev–Trinajstić information content (AvgIpc) is 2.78. The van der Waals surface area contributed by atoms with Crippen molar-refractivity contribution < 1.29 is 9.47 Å². The molecule has 3 atom stereocenters. The van der Waals surface area contributed by atoms with Crippen molar-refractivity contribution in [3.8, 4) is 6.07 Å². The Morgan fingerprint density at radius 2 is 2.24 bits per heavy atom. The highest BCUT2D eigenvalue weighted by atomic mass is 16.7. The molecule has 0 aromatic carbocycles. The summed E-state index contributed by atoms with van der Waals surface area (Å²) in [6, 6.07) is 3.05. The van der Waals surface area contributed by atoms with Crippen LogP contribution in [0.2, 0.25) is 0 Å². The SMILES string of the molecule is CC(C)N1CCCCC1C1OCC(CC#N)O1. The predicted octanol–water partition coefficient (Wildman–Crippen LogP) is 1.90. The van der Waals surface area contributed by atoms with E-state index in [1.54, 1.807) is 0 Å². The van der Waals surface area contributed by atoms with Gasteiger partial charge in [0.15, 0.2) is 6.29 Å². The Hall–Kier alpha value is -0.630. The highest BCUT2D eigenvalue weighted by molar-refractivity contribution is 4.87. The standard InChI is InChI=1S/C13H22N2O2/c1-10(2)15-8-4-3-5-12(15)13-16-9-11(17-13)6-7-14/h10-13H,3-6,8-9H2,1-2H3. The lowest BCUT2D eigenvalue weighted by Gasteiger charge is -2.40. The van der Waals surface area contributed by atoms with E-state index in [-0.39, 0.29) is 12.4 Å². The molecule has 17 heavy (non-hydrogen) atoms. The molecule has 0 aromatic heterocycles. The second kappa shape index (κ2) is 5.81. The number of nitrogens with zero attached hydrogens (tertiary/aromatic N) is 2. The third-order valence-electron chi connectivity index (χ3n) is 3.66. The minimum Gasteiger partial charge on any atom is -0.348 e. The van der Waals surface area contributed by atoms with E-state index in [1.165, 1.54) is 12.8 Å². The summed E-state index contributed by atoms with van der Waals surface area (Å²) < 4.78 is 11.6. The first-order valence-electron chi connectivity index (χ1n) is 6.62. The second-order valence-corrected chi connectivity index (χ2v) is 5.22. The van der Waals surface area contributed by atoms with Gasteiger partial charge in [0.05, 0.1) is 31.2 Å². The van der Waals surface area contributed by atoms with Gasteiger partial charge in [0, 0.05) is 6.04 Å². The Kier molecular flexibility index (Phi) is 4.38. The van der Waals surface area contributed by atoms with Gasteiger partial charge in [0.25, 0.3) is 0 Å². The van der Waals surface area contributed by atoms with E-state index in [0.717, 1.165) is 13.0 Å². The van der Waals surface area contributed by atoms with Crippen LogP contribution in [0.1, 0.15) is 39.5 Å². The Morgan fingerprint density at radius 1 is 1.41 bits per heavy atom. The van der Waals surface area contributed by atoms with Crippen molar-refractivity contribution in [1.29, 1.82) is 5.26 Å². The Balaban J connectivity index is 1.94. The van der Waals surface area contributed by atoms with E-state index < -0.39 is 0 Å². The Morgan fingerprint density at radius 3 is 2.94 bits per heavy atom. The lowest BCUT2D eigenvalue weighted by atomic mass is 10.00. The van der Waals surface area contributed by atoms with Crippen molar-refractivity contribution in [2.75, 3.05) is 13.2 Å². The number of ether oxygens (including phenoxy) is 2. The molecular weight excluding hydrogens is 216 g/mol. The maximum atomic E-state index is 8.67. The van der Waals surface area contributed by atoms with Crippen molar-refractivity contribution in [3.63, 3.8) is 0 Å². The molecule has 4 heteroatoms. The number of hydrogen-bond donors (Lipinski definition) is 0. The van der Waals surface area contributed by atoms with Crippen LogP contribution in [0, 0.1) is 11.3 Å². The molecule has 0 spiro atoms. The molecule has 0 radical (unpaired) electrons. The first-order valence-corrected chi connectivity index (χ1v) is 6.62. The fourth-order valence-corrected chi connectivity index (χ4v) is 2.79. The highest BCUT2D eigenvalue weighted by Gasteiger charge is 2.37. The van der Waals surface area contributed by atoms with Gasteiger partial charge < -0.3 is 9.47 Å². The lowest BCUT2D eigenvalue weighted by molar-refractivity contribution is -0.124. The largest absolute Gasteiger partial charge is 0.348 e. The number of hydrogen-bond acceptors (Lipinski definition) is 4. The molecule has 0 amide bonds.